The van der Waals surface area contributed by atoms with Crippen molar-refractivity contribution in [2.45, 2.75) is 69.6 Å². The highest BCUT2D eigenvalue weighted by Gasteiger charge is 2.35. The van der Waals surface area contributed by atoms with Gasteiger partial charge in [-0.1, -0.05) is 0 Å². The van der Waals surface area contributed by atoms with Gasteiger partial charge in [0.1, 0.15) is 5.54 Å². The van der Waals surface area contributed by atoms with Crippen LogP contribution in [0.2, 0.25) is 0 Å². The first-order valence-electron chi connectivity index (χ1n) is 8.03. The molecule has 4 nitrogen and oxygen atoms in total. The molecule has 2 aliphatic rings. The third kappa shape index (κ3) is 4.18. The van der Waals surface area contributed by atoms with E-state index in [4.69, 9.17) is 0 Å². The molecule has 2 fully saturated rings. The maximum absolute atomic E-state index is 9.48. The number of rotatable bonds is 7. The summed E-state index contributed by atoms with van der Waals surface area (Å²) in [6, 6.07) is 4.19. The van der Waals surface area contributed by atoms with Crippen molar-refractivity contribution in [3.63, 3.8) is 0 Å². The number of nitriles is 1. The number of nitrogens with zero attached hydrogens (tertiary/aromatic N) is 3. The van der Waals surface area contributed by atoms with Gasteiger partial charge in [0.25, 0.3) is 0 Å². The summed E-state index contributed by atoms with van der Waals surface area (Å²) in [5.74, 6) is 0. The van der Waals surface area contributed by atoms with Crippen LogP contribution in [0.1, 0.15) is 46.0 Å². The Bertz CT molecular complexity index is 360. The van der Waals surface area contributed by atoms with Gasteiger partial charge >= 0.3 is 0 Å². The average Bonchev–Trinajstić information content (AvgIpc) is 3.12. The van der Waals surface area contributed by atoms with Crippen LogP contribution >= 0.6 is 0 Å². The normalized spacial score (nSPS) is 28.3. The van der Waals surface area contributed by atoms with Crippen molar-refractivity contribution in [2.75, 3.05) is 27.2 Å². The fourth-order valence-corrected chi connectivity index (χ4v) is 3.28. The molecule has 1 heterocycles. The van der Waals surface area contributed by atoms with E-state index in [-0.39, 0.29) is 5.54 Å². The second kappa shape index (κ2) is 6.43. The van der Waals surface area contributed by atoms with Gasteiger partial charge < -0.3 is 9.80 Å². The van der Waals surface area contributed by atoms with Crippen molar-refractivity contribution in [3.8, 4) is 6.07 Å². The molecular formula is C16H30N4. The molecule has 0 radical (unpaired) electrons. The second-order valence-corrected chi connectivity index (χ2v) is 7.13. The molecule has 0 spiro atoms. The second-order valence-electron chi connectivity index (χ2n) is 7.13. The van der Waals surface area contributed by atoms with Gasteiger partial charge in [0.2, 0.25) is 0 Å². The Kier molecular flexibility index (Phi) is 5.06. The molecule has 0 aromatic carbocycles. The Morgan fingerprint density at radius 1 is 1.45 bits per heavy atom. The number of hydrogen-bond acceptors (Lipinski definition) is 4. The molecule has 0 aromatic heterocycles. The first-order valence-corrected chi connectivity index (χ1v) is 8.03. The number of hydrogen-bond donors (Lipinski definition) is 1. The third-order valence-electron chi connectivity index (χ3n) is 4.97. The van der Waals surface area contributed by atoms with Gasteiger partial charge in [0, 0.05) is 24.7 Å². The van der Waals surface area contributed by atoms with Crippen molar-refractivity contribution in [1.82, 2.24) is 15.1 Å². The number of likely N-dealkylation sites (tertiary alicyclic amines) is 1. The molecule has 0 bridgehead atoms. The first-order chi connectivity index (χ1) is 9.43. The fourth-order valence-electron chi connectivity index (χ4n) is 3.28. The molecule has 3 atom stereocenters. The molecule has 114 valence electrons. The predicted molar refractivity (Wildman–Crippen MR) is 82.5 cm³/mol. The SMILES string of the molecule is CC(CC(C)(C#N)NC1CC1)N(C)CC1CCCN1C. The number of likely N-dealkylation sites (N-methyl/N-ethyl adjacent to an activating group) is 2. The summed E-state index contributed by atoms with van der Waals surface area (Å²) >= 11 is 0. The van der Waals surface area contributed by atoms with E-state index in [1.807, 2.05) is 0 Å². The zero-order valence-corrected chi connectivity index (χ0v) is 13.5. The lowest BCUT2D eigenvalue weighted by Crippen LogP contribution is -2.49. The summed E-state index contributed by atoms with van der Waals surface area (Å²) in [6.07, 6.45) is 5.99. The summed E-state index contributed by atoms with van der Waals surface area (Å²) in [6.45, 7) is 6.64. The molecule has 3 unspecified atom stereocenters. The quantitative estimate of drug-likeness (QED) is 0.771. The van der Waals surface area contributed by atoms with Crippen molar-refractivity contribution in [3.05, 3.63) is 0 Å². The molecule has 4 heteroatoms. The zero-order chi connectivity index (χ0) is 14.8. The third-order valence-corrected chi connectivity index (χ3v) is 4.97. The molecule has 1 N–H and O–H groups in total. The van der Waals surface area contributed by atoms with E-state index < -0.39 is 0 Å². The van der Waals surface area contributed by atoms with Crippen LogP contribution < -0.4 is 5.32 Å². The highest BCUT2D eigenvalue weighted by molar-refractivity contribution is 5.08. The van der Waals surface area contributed by atoms with Gasteiger partial charge in [0.05, 0.1) is 6.07 Å². The standard InChI is InChI=1S/C16H30N4/c1-13(10-16(2,12-17)18-14-7-8-14)20(4)11-15-6-5-9-19(15)3/h13-15,18H,5-11H2,1-4H3. The average molecular weight is 278 g/mol. The molecule has 0 amide bonds. The molecule has 20 heavy (non-hydrogen) atoms. The minimum absolute atomic E-state index is 0.379. The summed E-state index contributed by atoms with van der Waals surface area (Å²) in [5.41, 5.74) is -0.379. The van der Waals surface area contributed by atoms with Crippen molar-refractivity contribution < 1.29 is 0 Å². The molecule has 0 aromatic rings. The van der Waals surface area contributed by atoms with Crippen LogP contribution in [0.5, 0.6) is 0 Å². The fraction of sp³-hybridized carbons (Fsp3) is 0.938. The molecule has 1 aliphatic heterocycles. The summed E-state index contributed by atoms with van der Waals surface area (Å²) in [5, 5.41) is 13.0. The Balaban J connectivity index is 1.82. The van der Waals surface area contributed by atoms with E-state index in [0.29, 0.717) is 18.1 Å². The maximum Gasteiger partial charge on any atom is 0.105 e. The smallest absolute Gasteiger partial charge is 0.105 e. The van der Waals surface area contributed by atoms with Gasteiger partial charge in [-0.15, -0.1) is 0 Å². The highest BCUT2D eigenvalue weighted by Crippen LogP contribution is 2.25. The lowest BCUT2D eigenvalue weighted by atomic mass is 9.94. The Morgan fingerprint density at radius 3 is 2.65 bits per heavy atom. The maximum atomic E-state index is 9.48. The van der Waals surface area contributed by atoms with Gasteiger partial charge in [0.15, 0.2) is 0 Å². The van der Waals surface area contributed by atoms with E-state index in [0.717, 1.165) is 13.0 Å². The van der Waals surface area contributed by atoms with Crippen LogP contribution in [0.4, 0.5) is 0 Å². The minimum Gasteiger partial charge on any atom is -0.302 e. The highest BCUT2D eigenvalue weighted by atomic mass is 15.2. The van der Waals surface area contributed by atoms with E-state index >= 15 is 0 Å². The van der Waals surface area contributed by atoms with E-state index in [1.54, 1.807) is 0 Å². The molecule has 1 saturated heterocycles. The summed E-state index contributed by atoms with van der Waals surface area (Å²) in [4.78, 5) is 4.89. The van der Waals surface area contributed by atoms with Crippen LogP contribution in [0, 0.1) is 11.3 Å². The molecule has 1 aliphatic carbocycles. The zero-order valence-electron chi connectivity index (χ0n) is 13.5. The van der Waals surface area contributed by atoms with Crippen molar-refractivity contribution in [2.24, 2.45) is 0 Å². The van der Waals surface area contributed by atoms with E-state index in [9.17, 15) is 5.26 Å². The predicted octanol–water partition coefficient (Wildman–Crippen LogP) is 1.83. The Hall–Kier alpha value is -0.630. The molecule has 2 rings (SSSR count). The van der Waals surface area contributed by atoms with Crippen LogP contribution in [0.3, 0.4) is 0 Å². The minimum atomic E-state index is -0.379. The summed E-state index contributed by atoms with van der Waals surface area (Å²) in [7, 11) is 4.43. The summed E-state index contributed by atoms with van der Waals surface area (Å²) < 4.78 is 0. The number of nitrogens with one attached hydrogen (secondary N) is 1. The lowest BCUT2D eigenvalue weighted by Gasteiger charge is -2.34. The van der Waals surface area contributed by atoms with Gasteiger partial charge in [-0.05, 0) is 66.6 Å². The van der Waals surface area contributed by atoms with Crippen LogP contribution in [-0.4, -0.2) is 60.6 Å². The van der Waals surface area contributed by atoms with Crippen LogP contribution in [0.15, 0.2) is 0 Å². The molecule has 1 saturated carbocycles. The van der Waals surface area contributed by atoms with Crippen molar-refractivity contribution in [1.29, 1.82) is 5.26 Å². The Labute approximate surface area is 124 Å². The van der Waals surface area contributed by atoms with Crippen LogP contribution in [-0.2, 0) is 0 Å². The topological polar surface area (TPSA) is 42.3 Å². The van der Waals surface area contributed by atoms with E-state index in [1.165, 1.54) is 32.2 Å². The first kappa shape index (κ1) is 15.8. The van der Waals surface area contributed by atoms with Crippen molar-refractivity contribution >= 4 is 0 Å². The monoisotopic (exact) mass is 278 g/mol. The largest absolute Gasteiger partial charge is 0.302 e. The van der Waals surface area contributed by atoms with Crippen LogP contribution in [0.25, 0.3) is 0 Å². The van der Waals surface area contributed by atoms with Gasteiger partial charge in [-0.25, -0.2) is 0 Å². The Morgan fingerprint density at radius 2 is 2.15 bits per heavy atom. The molecular weight excluding hydrogens is 248 g/mol. The lowest BCUT2D eigenvalue weighted by molar-refractivity contribution is 0.163. The van der Waals surface area contributed by atoms with Gasteiger partial charge in [-0.3, -0.25) is 5.32 Å². The van der Waals surface area contributed by atoms with Gasteiger partial charge in [-0.2, -0.15) is 5.26 Å². The van der Waals surface area contributed by atoms with E-state index in [2.05, 4.69) is 49.1 Å².